The Morgan fingerprint density at radius 3 is 2.19 bits per heavy atom. The molecule has 0 aromatic heterocycles. The molecule has 0 unspecified atom stereocenters. The van der Waals surface area contributed by atoms with Gasteiger partial charge in [-0.25, -0.2) is 0 Å². The number of aliphatic hydroxyl groups excluding tert-OH is 1. The summed E-state index contributed by atoms with van der Waals surface area (Å²) in [4.78, 5) is 0. The van der Waals surface area contributed by atoms with E-state index in [0.29, 0.717) is 18.5 Å². The van der Waals surface area contributed by atoms with Crippen LogP contribution >= 0.6 is 0 Å². The van der Waals surface area contributed by atoms with Gasteiger partial charge in [0.05, 0.1) is 11.7 Å². The molecular formula is C18H29NO2. The lowest BCUT2D eigenvalue weighted by atomic mass is 9.77. The second-order valence-corrected chi connectivity index (χ2v) is 6.84. The maximum atomic E-state index is 10.9. The smallest absolute Gasteiger partial charge is 0.0897 e. The molecule has 1 aromatic rings. The Labute approximate surface area is 128 Å². The van der Waals surface area contributed by atoms with Crippen LogP contribution in [0.5, 0.6) is 0 Å². The van der Waals surface area contributed by atoms with E-state index in [4.69, 9.17) is 0 Å². The van der Waals surface area contributed by atoms with Gasteiger partial charge < -0.3 is 15.5 Å². The van der Waals surface area contributed by atoms with Gasteiger partial charge in [-0.3, -0.25) is 0 Å². The summed E-state index contributed by atoms with van der Waals surface area (Å²) in [5.74, 6) is 0.522. The molecule has 2 rings (SSSR count). The number of hydrogen-bond acceptors (Lipinski definition) is 3. The van der Waals surface area contributed by atoms with E-state index in [0.717, 1.165) is 31.2 Å². The SMILES string of the molecule is CC(C)c1ccc(C2(O)CCC(NC[C@@H](C)O)CC2)cc1. The summed E-state index contributed by atoms with van der Waals surface area (Å²) in [5, 5.41) is 23.6. The molecule has 1 fully saturated rings. The van der Waals surface area contributed by atoms with Gasteiger partial charge in [0, 0.05) is 12.6 Å². The molecule has 0 spiro atoms. The highest BCUT2D eigenvalue weighted by molar-refractivity contribution is 5.29. The van der Waals surface area contributed by atoms with Crippen molar-refractivity contribution in [1.29, 1.82) is 0 Å². The van der Waals surface area contributed by atoms with Crippen LogP contribution in [0.4, 0.5) is 0 Å². The van der Waals surface area contributed by atoms with Crippen LogP contribution in [-0.2, 0) is 5.60 Å². The summed E-state index contributed by atoms with van der Waals surface area (Å²) in [7, 11) is 0. The molecule has 21 heavy (non-hydrogen) atoms. The zero-order chi connectivity index (χ0) is 15.5. The fourth-order valence-electron chi connectivity index (χ4n) is 3.10. The van der Waals surface area contributed by atoms with Crippen molar-refractivity contribution in [2.24, 2.45) is 0 Å². The van der Waals surface area contributed by atoms with Crippen molar-refractivity contribution in [2.75, 3.05) is 6.54 Å². The van der Waals surface area contributed by atoms with Crippen LogP contribution in [0.1, 0.15) is 63.5 Å². The van der Waals surface area contributed by atoms with Crippen LogP contribution < -0.4 is 5.32 Å². The third kappa shape index (κ3) is 4.29. The minimum Gasteiger partial charge on any atom is -0.392 e. The lowest BCUT2D eigenvalue weighted by molar-refractivity contribution is -0.00912. The average molecular weight is 291 g/mol. The maximum Gasteiger partial charge on any atom is 0.0897 e. The van der Waals surface area contributed by atoms with Crippen molar-refractivity contribution in [3.8, 4) is 0 Å². The summed E-state index contributed by atoms with van der Waals surface area (Å²) >= 11 is 0. The van der Waals surface area contributed by atoms with E-state index in [-0.39, 0.29) is 6.10 Å². The van der Waals surface area contributed by atoms with Gasteiger partial charge in [-0.05, 0) is 49.7 Å². The molecule has 3 N–H and O–H groups in total. The van der Waals surface area contributed by atoms with E-state index in [1.54, 1.807) is 6.92 Å². The van der Waals surface area contributed by atoms with Gasteiger partial charge in [-0.15, -0.1) is 0 Å². The van der Waals surface area contributed by atoms with Crippen LogP contribution in [0, 0.1) is 0 Å². The highest BCUT2D eigenvalue weighted by atomic mass is 16.3. The van der Waals surface area contributed by atoms with Gasteiger partial charge in [-0.2, -0.15) is 0 Å². The molecule has 1 aliphatic carbocycles. The quantitative estimate of drug-likeness (QED) is 0.782. The molecule has 1 aromatic carbocycles. The lowest BCUT2D eigenvalue weighted by Gasteiger charge is -2.37. The fourth-order valence-corrected chi connectivity index (χ4v) is 3.10. The van der Waals surface area contributed by atoms with Gasteiger partial charge in [0.2, 0.25) is 0 Å². The Bertz CT molecular complexity index is 431. The zero-order valence-corrected chi connectivity index (χ0v) is 13.5. The molecule has 0 amide bonds. The monoisotopic (exact) mass is 291 g/mol. The summed E-state index contributed by atoms with van der Waals surface area (Å²) in [6.45, 7) is 6.79. The first-order chi connectivity index (χ1) is 9.90. The first-order valence-corrected chi connectivity index (χ1v) is 8.15. The van der Waals surface area contributed by atoms with Gasteiger partial charge in [0.25, 0.3) is 0 Å². The average Bonchev–Trinajstić information content (AvgIpc) is 2.47. The van der Waals surface area contributed by atoms with Crippen molar-refractivity contribution >= 4 is 0 Å². The molecule has 0 saturated heterocycles. The maximum absolute atomic E-state index is 10.9. The minimum absolute atomic E-state index is 0.311. The second kappa shape index (κ2) is 6.91. The first-order valence-electron chi connectivity index (χ1n) is 8.15. The highest BCUT2D eigenvalue weighted by Gasteiger charge is 2.34. The number of rotatable bonds is 5. The van der Waals surface area contributed by atoms with Crippen molar-refractivity contribution < 1.29 is 10.2 Å². The zero-order valence-electron chi connectivity index (χ0n) is 13.5. The Morgan fingerprint density at radius 1 is 1.14 bits per heavy atom. The van der Waals surface area contributed by atoms with Crippen molar-refractivity contribution in [3.63, 3.8) is 0 Å². The van der Waals surface area contributed by atoms with E-state index in [1.165, 1.54) is 5.56 Å². The molecule has 0 aliphatic heterocycles. The van der Waals surface area contributed by atoms with Crippen LogP contribution in [-0.4, -0.2) is 28.9 Å². The number of hydrogen-bond donors (Lipinski definition) is 3. The van der Waals surface area contributed by atoms with Gasteiger partial charge in [0.15, 0.2) is 0 Å². The summed E-state index contributed by atoms with van der Waals surface area (Å²) in [5.41, 5.74) is 1.67. The van der Waals surface area contributed by atoms with E-state index in [1.807, 2.05) is 0 Å². The fraction of sp³-hybridized carbons (Fsp3) is 0.667. The second-order valence-electron chi connectivity index (χ2n) is 6.84. The van der Waals surface area contributed by atoms with Gasteiger partial charge in [-0.1, -0.05) is 38.1 Å². The number of nitrogens with one attached hydrogen (secondary N) is 1. The van der Waals surface area contributed by atoms with Crippen LogP contribution in [0.25, 0.3) is 0 Å². The molecule has 118 valence electrons. The van der Waals surface area contributed by atoms with Crippen molar-refractivity contribution in [3.05, 3.63) is 35.4 Å². The molecule has 1 saturated carbocycles. The molecule has 1 atom stereocenters. The van der Waals surface area contributed by atoms with Crippen LogP contribution in [0.3, 0.4) is 0 Å². The molecular weight excluding hydrogens is 262 g/mol. The van der Waals surface area contributed by atoms with E-state index in [2.05, 4.69) is 43.4 Å². The number of aliphatic hydroxyl groups is 2. The standard InChI is InChI=1S/C18H29NO2/c1-13(2)15-4-6-16(7-5-15)18(21)10-8-17(9-11-18)19-12-14(3)20/h4-7,13-14,17,19-21H,8-12H2,1-3H3/t14-,17?,18?/m1/s1. The lowest BCUT2D eigenvalue weighted by Crippen LogP contribution is -2.41. The third-order valence-electron chi connectivity index (χ3n) is 4.63. The van der Waals surface area contributed by atoms with E-state index in [9.17, 15) is 10.2 Å². The van der Waals surface area contributed by atoms with Gasteiger partial charge >= 0.3 is 0 Å². The Morgan fingerprint density at radius 2 is 1.71 bits per heavy atom. The highest BCUT2D eigenvalue weighted by Crippen LogP contribution is 2.37. The first kappa shape index (κ1) is 16.5. The summed E-state index contributed by atoms with van der Waals surface area (Å²) < 4.78 is 0. The molecule has 0 bridgehead atoms. The normalized spacial score (nSPS) is 27.8. The summed E-state index contributed by atoms with van der Waals surface area (Å²) in [6.07, 6.45) is 3.16. The molecule has 0 radical (unpaired) electrons. The minimum atomic E-state index is -0.682. The van der Waals surface area contributed by atoms with Crippen LogP contribution in [0.15, 0.2) is 24.3 Å². The Kier molecular flexibility index (Phi) is 5.42. The third-order valence-corrected chi connectivity index (χ3v) is 4.63. The number of benzene rings is 1. The largest absolute Gasteiger partial charge is 0.392 e. The molecule has 1 aliphatic rings. The molecule has 0 heterocycles. The van der Waals surface area contributed by atoms with Crippen molar-refractivity contribution in [1.82, 2.24) is 5.32 Å². The predicted molar refractivity (Wildman–Crippen MR) is 86.4 cm³/mol. The predicted octanol–water partition coefficient (Wildman–Crippen LogP) is 2.91. The molecule has 3 heteroatoms. The molecule has 3 nitrogen and oxygen atoms in total. The van der Waals surface area contributed by atoms with E-state index < -0.39 is 5.60 Å². The van der Waals surface area contributed by atoms with Crippen LogP contribution in [0.2, 0.25) is 0 Å². The topological polar surface area (TPSA) is 52.5 Å². The Balaban J connectivity index is 1.95. The van der Waals surface area contributed by atoms with Crippen molar-refractivity contribution in [2.45, 2.75) is 70.1 Å². The summed E-state index contributed by atoms with van der Waals surface area (Å²) in [6, 6.07) is 8.85. The van der Waals surface area contributed by atoms with Gasteiger partial charge in [0.1, 0.15) is 0 Å². The Hall–Kier alpha value is -0.900. The van der Waals surface area contributed by atoms with E-state index >= 15 is 0 Å².